The van der Waals surface area contributed by atoms with E-state index in [9.17, 15) is 4.79 Å². The van der Waals surface area contributed by atoms with Crippen LogP contribution in [-0.2, 0) is 0 Å². The molecule has 2 amide bonds. The van der Waals surface area contributed by atoms with Crippen LogP contribution in [0.4, 0.5) is 16.2 Å². The van der Waals surface area contributed by atoms with E-state index in [0.29, 0.717) is 23.3 Å². The average molecular weight is 330 g/mol. The number of urea groups is 1. The standard InChI is InChI=1S/C18H20ClN3O/c1-21(2)16-10-11-22(17-9-4-3-8-15(16)17)18(23)20-14-7-5-6-13(19)12-14/h3-9,12,16H,10-11H2,1-2H3,(H,20,23). The van der Waals surface area contributed by atoms with Crippen LogP contribution in [0.2, 0.25) is 5.02 Å². The van der Waals surface area contributed by atoms with Gasteiger partial charge in [0.25, 0.3) is 0 Å². The van der Waals surface area contributed by atoms with E-state index in [1.165, 1.54) is 5.56 Å². The molecule has 120 valence electrons. The highest BCUT2D eigenvalue weighted by molar-refractivity contribution is 6.30. The van der Waals surface area contributed by atoms with Gasteiger partial charge in [0.1, 0.15) is 0 Å². The predicted molar refractivity (Wildman–Crippen MR) is 95.3 cm³/mol. The van der Waals surface area contributed by atoms with Gasteiger partial charge in [0.2, 0.25) is 0 Å². The summed E-state index contributed by atoms with van der Waals surface area (Å²) in [6.07, 6.45) is 0.910. The van der Waals surface area contributed by atoms with Gasteiger partial charge in [-0.05, 0) is 50.3 Å². The molecule has 3 rings (SSSR count). The lowest BCUT2D eigenvalue weighted by molar-refractivity contribution is 0.250. The Kier molecular flexibility index (Phi) is 4.55. The van der Waals surface area contributed by atoms with Crippen molar-refractivity contribution in [2.45, 2.75) is 12.5 Å². The first-order valence-electron chi connectivity index (χ1n) is 7.65. The molecule has 0 radical (unpaired) electrons. The number of hydrogen-bond acceptors (Lipinski definition) is 2. The Hall–Kier alpha value is -2.04. The Bertz CT molecular complexity index is 717. The van der Waals surface area contributed by atoms with Gasteiger partial charge < -0.3 is 10.2 Å². The molecule has 5 heteroatoms. The summed E-state index contributed by atoms with van der Waals surface area (Å²) in [5.74, 6) is 0. The van der Waals surface area contributed by atoms with Crippen molar-refractivity contribution in [1.82, 2.24) is 4.90 Å². The first-order valence-corrected chi connectivity index (χ1v) is 8.03. The monoisotopic (exact) mass is 329 g/mol. The minimum Gasteiger partial charge on any atom is -0.307 e. The molecule has 0 bridgehead atoms. The van der Waals surface area contributed by atoms with Gasteiger partial charge in [-0.3, -0.25) is 4.90 Å². The maximum Gasteiger partial charge on any atom is 0.326 e. The Morgan fingerprint density at radius 2 is 2.00 bits per heavy atom. The third kappa shape index (κ3) is 3.33. The summed E-state index contributed by atoms with van der Waals surface area (Å²) in [5, 5.41) is 3.53. The van der Waals surface area contributed by atoms with Crippen molar-refractivity contribution < 1.29 is 4.79 Å². The smallest absolute Gasteiger partial charge is 0.307 e. The molecule has 1 heterocycles. The summed E-state index contributed by atoms with van der Waals surface area (Å²) in [6.45, 7) is 0.687. The number of benzene rings is 2. The van der Waals surface area contributed by atoms with Crippen LogP contribution in [0.1, 0.15) is 18.0 Å². The second kappa shape index (κ2) is 6.60. The molecule has 4 nitrogen and oxygen atoms in total. The third-order valence-electron chi connectivity index (χ3n) is 4.16. The number of nitrogens with zero attached hydrogens (tertiary/aromatic N) is 2. The molecule has 0 saturated carbocycles. The van der Waals surface area contributed by atoms with Gasteiger partial charge in [-0.25, -0.2) is 4.79 Å². The van der Waals surface area contributed by atoms with Crippen LogP contribution in [0, 0.1) is 0 Å². The van der Waals surface area contributed by atoms with Crippen molar-refractivity contribution >= 4 is 29.0 Å². The Labute approximate surface area is 141 Å². The maximum atomic E-state index is 12.7. The lowest BCUT2D eigenvalue weighted by Gasteiger charge is -2.37. The lowest BCUT2D eigenvalue weighted by Crippen LogP contribution is -2.41. The number of fused-ring (bicyclic) bond motifs is 1. The normalized spacial score (nSPS) is 17.0. The quantitative estimate of drug-likeness (QED) is 0.887. The fraction of sp³-hybridized carbons (Fsp3) is 0.278. The van der Waals surface area contributed by atoms with E-state index in [1.807, 2.05) is 30.3 Å². The van der Waals surface area contributed by atoms with Crippen molar-refractivity contribution in [3.63, 3.8) is 0 Å². The molecule has 2 aromatic carbocycles. The zero-order valence-electron chi connectivity index (χ0n) is 13.3. The fourth-order valence-electron chi connectivity index (χ4n) is 3.05. The molecule has 0 fully saturated rings. The molecular weight excluding hydrogens is 310 g/mol. The number of halogens is 1. The van der Waals surface area contributed by atoms with E-state index in [4.69, 9.17) is 11.6 Å². The van der Waals surface area contributed by atoms with Crippen molar-refractivity contribution in [3.8, 4) is 0 Å². The maximum absolute atomic E-state index is 12.7. The van der Waals surface area contributed by atoms with Gasteiger partial charge in [-0.1, -0.05) is 35.9 Å². The molecule has 0 spiro atoms. The molecule has 23 heavy (non-hydrogen) atoms. The van der Waals surface area contributed by atoms with E-state index >= 15 is 0 Å². The minimum absolute atomic E-state index is 0.128. The van der Waals surface area contributed by atoms with Gasteiger partial charge in [0.15, 0.2) is 0 Å². The summed E-state index contributed by atoms with van der Waals surface area (Å²) in [4.78, 5) is 16.7. The van der Waals surface area contributed by atoms with E-state index in [0.717, 1.165) is 12.1 Å². The van der Waals surface area contributed by atoms with Crippen LogP contribution in [0.15, 0.2) is 48.5 Å². The minimum atomic E-state index is -0.128. The summed E-state index contributed by atoms with van der Waals surface area (Å²) >= 11 is 5.98. The highest BCUT2D eigenvalue weighted by Gasteiger charge is 2.29. The van der Waals surface area contributed by atoms with Crippen LogP contribution in [0.5, 0.6) is 0 Å². The van der Waals surface area contributed by atoms with E-state index in [-0.39, 0.29) is 6.03 Å². The van der Waals surface area contributed by atoms with Crippen molar-refractivity contribution in [2.24, 2.45) is 0 Å². The Balaban J connectivity index is 1.85. The summed E-state index contributed by atoms with van der Waals surface area (Å²) in [7, 11) is 4.15. The Morgan fingerprint density at radius 3 is 2.74 bits per heavy atom. The zero-order valence-corrected chi connectivity index (χ0v) is 14.0. The van der Waals surface area contributed by atoms with Crippen LogP contribution in [0.25, 0.3) is 0 Å². The number of nitrogens with one attached hydrogen (secondary N) is 1. The topological polar surface area (TPSA) is 35.6 Å². The van der Waals surface area contributed by atoms with Crippen LogP contribution in [-0.4, -0.2) is 31.6 Å². The molecule has 1 unspecified atom stereocenters. The SMILES string of the molecule is CN(C)C1CCN(C(=O)Nc2cccc(Cl)c2)c2ccccc21. The number of carbonyl (C=O) groups is 1. The molecule has 1 aliphatic rings. The van der Waals surface area contributed by atoms with Crippen molar-refractivity contribution in [1.29, 1.82) is 0 Å². The van der Waals surface area contributed by atoms with Gasteiger partial charge >= 0.3 is 6.03 Å². The first kappa shape index (κ1) is 15.8. The lowest BCUT2D eigenvalue weighted by atomic mass is 9.96. The zero-order chi connectivity index (χ0) is 16.4. The highest BCUT2D eigenvalue weighted by Crippen LogP contribution is 2.36. The fourth-order valence-corrected chi connectivity index (χ4v) is 3.24. The molecular formula is C18H20ClN3O. The summed E-state index contributed by atoms with van der Waals surface area (Å²) in [6, 6.07) is 15.5. The number of carbonyl (C=O) groups excluding carboxylic acids is 1. The summed E-state index contributed by atoms with van der Waals surface area (Å²) in [5.41, 5.74) is 2.86. The average Bonchev–Trinajstić information content (AvgIpc) is 2.53. The van der Waals surface area contributed by atoms with E-state index in [1.54, 1.807) is 17.0 Å². The second-order valence-electron chi connectivity index (χ2n) is 5.92. The molecule has 1 atom stereocenters. The van der Waals surface area contributed by atoms with E-state index < -0.39 is 0 Å². The Morgan fingerprint density at radius 1 is 1.22 bits per heavy atom. The predicted octanol–water partition coefficient (Wildman–Crippen LogP) is 4.38. The first-order chi connectivity index (χ1) is 11.1. The van der Waals surface area contributed by atoms with Gasteiger partial charge in [0.05, 0.1) is 5.69 Å². The molecule has 0 aromatic heterocycles. The number of para-hydroxylation sites is 1. The summed E-state index contributed by atoms with van der Waals surface area (Å²) < 4.78 is 0. The van der Waals surface area contributed by atoms with Crippen LogP contribution in [0.3, 0.4) is 0 Å². The van der Waals surface area contributed by atoms with Crippen LogP contribution >= 0.6 is 11.6 Å². The number of rotatable bonds is 2. The number of amides is 2. The second-order valence-corrected chi connectivity index (χ2v) is 6.36. The molecule has 2 aromatic rings. The van der Waals surface area contributed by atoms with E-state index in [2.05, 4.69) is 30.4 Å². The van der Waals surface area contributed by atoms with Gasteiger partial charge in [-0.2, -0.15) is 0 Å². The number of anilines is 2. The molecule has 1 N–H and O–H groups in total. The molecule has 1 aliphatic heterocycles. The molecule has 0 aliphatic carbocycles. The highest BCUT2D eigenvalue weighted by atomic mass is 35.5. The number of hydrogen-bond donors (Lipinski definition) is 1. The largest absolute Gasteiger partial charge is 0.326 e. The van der Waals surface area contributed by atoms with Crippen molar-refractivity contribution in [2.75, 3.05) is 30.9 Å². The van der Waals surface area contributed by atoms with Gasteiger partial charge in [-0.15, -0.1) is 0 Å². The third-order valence-corrected chi connectivity index (χ3v) is 4.39. The van der Waals surface area contributed by atoms with Crippen molar-refractivity contribution in [3.05, 3.63) is 59.1 Å². The molecule has 0 saturated heterocycles. The van der Waals surface area contributed by atoms with Gasteiger partial charge in [0, 0.05) is 23.3 Å². The van der Waals surface area contributed by atoms with Crippen LogP contribution < -0.4 is 10.2 Å².